The highest BCUT2D eigenvalue weighted by atomic mass is 19.1. The minimum Gasteiger partial charge on any atom is -0.505 e. The Morgan fingerprint density at radius 3 is 2.87 bits per heavy atom. The Balaban J connectivity index is 2.24. The van der Waals surface area contributed by atoms with Crippen molar-refractivity contribution >= 4 is 0 Å². The largest absolute Gasteiger partial charge is 0.505 e. The van der Waals surface area contributed by atoms with E-state index in [9.17, 15) is 8.78 Å². The number of halogens is 2. The molecule has 0 saturated carbocycles. The van der Waals surface area contributed by atoms with Crippen molar-refractivity contribution in [3.8, 4) is 5.75 Å². The molecule has 1 aromatic rings. The van der Waals surface area contributed by atoms with Crippen molar-refractivity contribution in [3.05, 3.63) is 29.6 Å². The van der Waals surface area contributed by atoms with Crippen LogP contribution in [0.15, 0.2) is 18.2 Å². The van der Waals surface area contributed by atoms with E-state index in [0.29, 0.717) is 18.5 Å². The minimum atomic E-state index is -0.984. The highest BCUT2D eigenvalue weighted by Crippen LogP contribution is 2.30. The molecular weight excluding hydrogens is 200 g/mol. The fraction of sp³-hybridized carbons (Fsp3) is 0.455. The van der Waals surface area contributed by atoms with Crippen LogP contribution in [0.4, 0.5) is 8.78 Å². The first kappa shape index (κ1) is 10.4. The third-order valence-corrected chi connectivity index (χ3v) is 2.81. The van der Waals surface area contributed by atoms with Gasteiger partial charge in [0.1, 0.15) is 6.17 Å². The number of alkyl halides is 1. The van der Waals surface area contributed by atoms with E-state index >= 15 is 0 Å². The second-order valence-corrected chi connectivity index (χ2v) is 3.83. The molecule has 0 bridgehead atoms. The molecule has 0 amide bonds. The highest BCUT2D eigenvalue weighted by molar-refractivity contribution is 5.31. The van der Waals surface area contributed by atoms with E-state index < -0.39 is 12.0 Å². The van der Waals surface area contributed by atoms with Gasteiger partial charge in [-0.1, -0.05) is 6.07 Å². The number of hydrogen-bond acceptors (Lipinski definition) is 2. The average Bonchev–Trinajstić information content (AvgIpc) is 2.23. The zero-order valence-electron chi connectivity index (χ0n) is 8.21. The zero-order chi connectivity index (χ0) is 10.8. The molecule has 2 N–H and O–H groups in total. The van der Waals surface area contributed by atoms with Crippen molar-refractivity contribution in [1.82, 2.24) is 5.32 Å². The minimum absolute atomic E-state index is 0.263. The van der Waals surface area contributed by atoms with Crippen molar-refractivity contribution in [2.45, 2.75) is 18.5 Å². The Hall–Kier alpha value is -1.16. The maximum Gasteiger partial charge on any atom is 0.165 e. The lowest BCUT2D eigenvalue weighted by molar-refractivity contribution is 0.231. The van der Waals surface area contributed by atoms with Crippen molar-refractivity contribution in [3.63, 3.8) is 0 Å². The fourth-order valence-corrected chi connectivity index (χ4v) is 1.95. The van der Waals surface area contributed by atoms with Crippen molar-refractivity contribution in [2.75, 3.05) is 13.1 Å². The standard InChI is InChI=1S/C11H13F2NO/c12-9-5-7(1-2-11(9)15)8-3-4-14-6-10(8)13/h1-2,5,8,10,14-15H,3-4,6H2/t8-,10+/m1/s1. The number of phenolic OH excluding ortho intramolecular Hbond substituents is 1. The molecule has 82 valence electrons. The molecule has 0 spiro atoms. The van der Waals surface area contributed by atoms with Crippen LogP contribution in [0.1, 0.15) is 17.9 Å². The first-order valence-corrected chi connectivity index (χ1v) is 5.01. The highest BCUT2D eigenvalue weighted by Gasteiger charge is 2.26. The third kappa shape index (κ3) is 2.09. The number of rotatable bonds is 1. The molecule has 1 aliphatic heterocycles. The fourth-order valence-electron chi connectivity index (χ4n) is 1.95. The van der Waals surface area contributed by atoms with Crippen molar-refractivity contribution in [1.29, 1.82) is 0 Å². The van der Waals surface area contributed by atoms with Crippen LogP contribution < -0.4 is 5.32 Å². The summed E-state index contributed by atoms with van der Waals surface area (Å²) >= 11 is 0. The number of piperidine rings is 1. The van der Waals surface area contributed by atoms with Crippen LogP contribution in [-0.2, 0) is 0 Å². The van der Waals surface area contributed by atoms with Crippen molar-refractivity contribution < 1.29 is 13.9 Å². The average molecular weight is 213 g/mol. The molecule has 2 rings (SSSR count). The normalized spacial score (nSPS) is 26.5. The van der Waals surface area contributed by atoms with Gasteiger partial charge in [-0.05, 0) is 30.7 Å². The second-order valence-electron chi connectivity index (χ2n) is 3.83. The molecule has 1 aromatic carbocycles. The first-order chi connectivity index (χ1) is 7.18. The smallest absolute Gasteiger partial charge is 0.165 e. The molecule has 0 aliphatic carbocycles. The van der Waals surface area contributed by atoms with E-state index in [4.69, 9.17) is 5.11 Å². The van der Waals surface area contributed by atoms with Gasteiger partial charge in [-0.3, -0.25) is 0 Å². The van der Waals surface area contributed by atoms with E-state index in [0.717, 1.165) is 6.54 Å². The summed E-state index contributed by atoms with van der Waals surface area (Å²) in [4.78, 5) is 0. The number of hydrogen-bond donors (Lipinski definition) is 2. The molecule has 1 heterocycles. The van der Waals surface area contributed by atoms with Gasteiger partial charge >= 0.3 is 0 Å². The van der Waals surface area contributed by atoms with E-state index in [2.05, 4.69) is 5.32 Å². The third-order valence-electron chi connectivity index (χ3n) is 2.81. The summed E-state index contributed by atoms with van der Waals surface area (Å²) in [6.07, 6.45) is -0.326. The Kier molecular flexibility index (Phi) is 2.86. The summed E-state index contributed by atoms with van der Waals surface area (Å²) in [5, 5.41) is 12.0. The predicted octanol–water partition coefficient (Wildman–Crippen LogP) is 1.95. The van der Waals surface area contributed by atoms with Crippen LogP contribution in [-0.4, -0.2) is 24.4 Å². The molecule has 15 heavy (non-hydrogen) atoms. The van der Waals surface area contributed by atoms with Crippen LogP contribution >= 0.6 is 0 Å². The Bertz CT molecular complexity index is 356. The summed E-state index contributed by atoms with van der Waals surface area (Å²) in [5.41, 5.74) is 0.624. The van der Waals surface area contributed by atoms with Gasteiger partial charge in [0.25, 0.3) is 0 Å². The van der Waals surface area contributed by atoms with Gasteiger partial charge in [0.15, 0.2) is 11.6 Å². The van der Waals surface area contributed by atoms with E-state index in [-0.39, 0.29) is 11.7 Å². The van der Waals surface area contributed by atoms with Gasteiger partial charge < -0.3 is 10.4 Å². The van der Waals surface area contributed by atoms with Crippen LogP contribution in [0.2, 0.25) is 0 Å². The molecule has 0 aromatic heterocycles. The monoisotopic (exact) mass is 213 g/mol. The van der Waals surface area contributed by atoms with E-state index in [1.807, 2.05) is 0 Å². The van der Waals surface area contributed by atoms with Crippen LogP contribution in [0.3, 0.4) is 0 Å². The van der Waals surface area contributed by atoms with Crippen molar-refractivity contribution in [2.24, 2.45) is 0 Å². The van der Waals surface area contributed by atoms with Gasteiger partial charge in [0, 0.05) is 12.5 Å². The summed E-state index contributed by atoms with van der Waals surface area (Å²) in [6.45, 7) is 1.06. The molecule has 2 nitrogen and oxygen atoms in total. The Morgan fingerprint density at radius 1 is 1.40 bits per heavy atom. The quantitative estimate of drug-likeness (QED) is 0.747. The van der Waals surface area contributed by atoms with E-state index in [1.165, 1.54) is 12.1 Å². The van der Waals surface area contributed by atoms with Gasteiger partial charge in [0.05, 0.1) is 0 Å². The molecule has 1 saturated heterocycles. The van der Waals surface area contributed by atoms with Crippen LogP contribution in [0.5, 0.6) is 5.75 Å². The maximum atomic E-state index is 13.5. The molecule has 0 radical (unpaired) electrons. The van der Waals surface area contributed by atoms with E-state index in [1.54, 1.807) is 6.07 Å². The summed E-state index contributed by atoms with van der Waals surface area (Å²) < 4.78 is 26.6. The van der Waals surface area contributed by atoms with Gasteiger partial charge in [0.2, 0.25) is 0 Å². The van der Waals surface area contributed by atoms with Gasteiger partial charge in [-0.2, -0.15) is 0 Å². The lowest BCUT2D eigenvalue weighted by atomic mass is 9.89. The Morgan fingerprint density at radius 2 is 2.20 bits per heavy atom. The SMILES string of the molecule is Oc1ccc([C@H]2CCNC[C@@H]2F)cc1F. The number of aromatic hydroxyl groups is 1. The lowest BCUT2D eigenvalue weighted by Gasteiger charge is -2.27. The molecule has 2 atom stereocenters. The summed E-state index contributed by atoms with van der Waals surface area (Å²) in [5.74, 6) is -1.33. The predicted molar refractivity (Wildman–Crippen MR) is 53.2 cm³/mol. The zero-order valence-corrected chi connectivity index (χ0v) is 8.21. The molecule has 0 unspecified atom stereocenters. The van der Waals surface area contributed by atoms with Crippen LogP contribution in [0.25, 0.3) is 0 Å². The number of benzene rings is 1. The second kappa shape index (κ2) is 4.14. The Labute approximate surface area is 86.9 Å². The van der Waals surface area contributed by atoms with Crippen LogP contribution in [0, 0.1) is 5.82 Å². The van der Waals surface area contributed by atoms with Gasteiger partial charge in [-0.25, -0.2) is 8.78 Å². The maximum absolute atomic E-state index is 13.5. The van der Waals surface area contributed by atoms with Gasteiger partial charge in [-0.15, -0.1) is 0 Å². The summed E-state index contributed by atoms with van der Waals surface area (Å²) in [7, 11) is 0. The molecule has 1 fully saturated rings. The molecule has 4 heteroatoms. The molecule has 1 aliphatic rings. The molecular formula is C11H13F2NO. The first-order valence-electron chi connectivity index (χ1n) is 5.01. The topological polar surface area (TPSA) is 32.3 Å². The number of phenols is 1. The summed E-state index contributed by atoms with van der Waals surface area (Å²) in [6, 6.07) is 4.08. The lowest BCUT2D eigenvalue weighted by Crippen LogP contribution is -2.36. The number of nitrogens with one attached hydrogen (secondary N) is 1.